The lowest BCUT2D eigenvalue weighted by molar-refractivity contribution is 0.180. The molecule has 2 N–H and O–H groups in total. The number of aryl methyl sites for hydroxylation is 1. The Hall–Kier alpha value is -4.24. The number of urea groups is 1. The molecule has 6 rings (SSSR count). The summed E-state index contributed by atoms with van der Waals surface area (Å²) in [6, 6.07) is 20.8. The second-order valence-electron chi connectivity index (χ2n) is 13.0. The standard InChI is InChI=1S/C36H45N7O2/c1-25(2)22-38-36(45)42-19-13-29(14-20-42)39-35-37-23-28-21-32(31-12-8-7-9-26(31)3)34(44)43(33(28)40-35)30-15-17-41(18-16-30)24-27-10-5-4-6-11-27/h4-12,21,23,25,29-30H,13-20,22,24H2,1-3H3,(H,38,45)(H,37,39,40). The van der Waals surface area contributed by atoms with Gasteiger partial charge in [-0.1, -0.05) is 68.4 Å². The molecular weight excluding hydrogens is 562 g/mol. The van der Waals surface area contributed by atoms with Crippen molar-refractivity contribution in [3.8, 4) is 11.1 Å². The Labute approximate surface area is 265 Å². The third-order valence-corrected chi connectivity index (χ3v) is 9.16. The summed E-state index contributed by atoms with van der Waals surface area (Å²) in [4.78, 5) is 40.9. The molecule has 0 atom stereocenters. The Bertz CT molecular complexity index is 1670. The van der Waals surface area contributed by atoms with Crippen molar-refractivity contribution in [3.05, 3.63) is 88.3 Å². The van der Waals surface area contributed by atoms with Crippen molar-refractivity contribution in [3.63, 3.8) is 0 Å². The molecule has 2 fully saturated rings. The smallest absolute Gasteiger partial charge is 0.317 e. The number of anilines is 1. The number of nitrogens with zero attached hydrogens (tertiary/aromatic N) is 5. The lowest BCUT2D eigenvalue weighted by Gasteiger charge is -2.34. The second-order valence-corrected chi connectivity index (χ2v) is 13.0. The molecule has 0 saturated carbocycles. The van der Waals surface area contributed by atoms with Crippen molar-refractivity contribution in [2.75, 3.05) is 38.0 Å². The van der Waals surface area contributed by atoms with E-state index in [4.69, 9.17) is 9.97 Å². The van der Waals surface area contributed by atoms with Gasteiger partial charge in [0.15, 0.2) is 0 Å². The number of pyridine rings is 1. The highest BCUT2D eigenvalue weighted by molar-refractivity contribution is 5.82. The summed E-state index contributed by atoms with van der Waals surface area (Å²) in [5.74, 6) is 0.953. The van der Waals surface area contributed by atoms with Crippen LogP contribution >= 0.6 is 0 Å². The Morgan fingerprint density at radius 3 is 2.36 bits per heavy atom. The van der Waals surface area contributed by atoms with Gasteiger partial charge in [0.05, 0.1) is 0 Å². The van der Waals surface area contributed by atoms with Crippen molar-refractivity contribution in [1.82, 2.24) is 29.7 Å². The van der Waals surface area contributed by atoms with Crippen molar-refractivity contribution < 1.29 is 4.79 Å². The van der Waals surface area contributed by atoms with Gasteiger partial charge >= 0.3 is 6.03 Å². The minimum Gasteiger partial charge on any atom is -0.351 e. The summed E-state index contributed by atoms with van der Waals surface area (Å²) in [5, 5.41) is 7.40. The number of benzene rings is 2. The fourth-order valence-corrected chi connectivity index (χ4v) is 6.59. The Morgan fingerprint density at radius 2 is 1.64 bits per heavy atom. The quantitative estimate of drug-likeness (QED) is 0.261. The van der Waals surface area contributed by atoms with Gasteiger partial charge in [-0.2, -0.15) is 4.98 Å². The number of hydrogen-bond acceptors (Lipinski definition) is 6. The fraction of sp³-hybridized carbons (Fsp3) is 0.444. The van der Waals surface area contributed by atoms with Crippen molar-refractivity contribution >= 4 is 23.0 Å². The first-order valence-electron chi connectivity index (χ1n) is 16.4. The van der Waals surface area contributed by atoms with Gasteiger partial charge in [0, 0.05) is 68.5 Å². The van der Waals surface area contributed by atoms with Crippen LogP contribution in [0, 0.1) is 12.8 Å². The van der Waals surface area contributed by atoms with E-state index in [1.807, 2.05) is 52.9 Å². The van der Waals surface area contributed by atoms with Crippen LogP contribution in [0.5, 0.6) is 0 Å². The van der Waals surface area contributed by atoms with E-state index in [0.717, 1.165) is 61.8 Å². The lowest BCUT2D eigenvalue weighted by atomic mass is 9.99. The maximum absolute atomic E-state index is 14.3. The van der Waals surface area contributed by atoms with Gasteiger partial charge in [-0.05, 0) is 61.3 Å². The van der Waals surface area contributed by atoms with E-state index in [1.165, 1.54) is 5.56 Å². The van der Waals surface area contributed by atoms with Crippen LogP contribution in [0.15, 0.2) is 71.7 Å². The van der Waals surface area contributed by atoms with Crippen LogP contribution in [0.25, 0.3) is 22.2 Å². The molecule has 4 heterocycles. The van der Waals surface area contributed by atoms with Gasteiger partial charge in [0.1, 0.15) is 5.65 Å². The number of hydrogen-bond donors (Lipinski definition) is 2. The van der Waals surface area contributed by atoms with Crippen molar-refractivity contribution in [1.29, 1.82) is 0 Å². The molecule has 9 nitrogen and oxygen atoms in total. The fourth-order valence-electron chi connectivity index (χ4n) is 6.59. The summed E-state index contributed by atoms with van der Waals surface area (Å²) < 4.78 is 1.95. The van der Waals surface area contributed by atoms with E-state index in [2.05, 4.69) is 59.7 Å². The number of aromatic nitrogens is 3. The van der Waals surface area contributed by atoms with E-state index in [1.54, 1.807) is 0 Å². The van der Waals surface area contributed by atoms with Gasteiger partial charge < -0.3 is 15.5 Å². The van der Waals surface area contributed by atoms with Crippen LogP contribution < -0.4 is 16.2 Å². The normalized spacial score (nSPS) is 16.8. The minimum absolute atomic E-state index is 0.00341. The Kier molecular flexibility index (Phi) is 9.45. The molecule has 2 aliphatic rings. The van der Waals surface area contributed by atoms with Gasteiger partial charge in [0.2, 0.25) is 5.95 Å². The van der Waals surface area contributed by atoms with Crippen molar-refractivity contribution in [2.24, 2.45) is 5.92 Å². The van der Waals surface area contributed by atoms with Crippen LogP contribution in [0.2, 0.25) is 0 Å². The first-order chi connectivity index (χ1) is 21.9. The molecule has 2 amide bonds. The molecule has 2 aliphatic heterocycles. The zero-order valence-corrected chi connectivity index (χ0v) is 26.7. The van der Waals surface area contributed by atoms with Crippen LogP contribution in [-0.2, 0) is 6.54 Å². The number of piperidine rings is 2. The number of rotatable bonds is 8. The molecule has 2 saturated heterocycles. The average Bonchev–Trinajstić information content (AvgIpc) is 3.05. The highest BCUT2D eigenvalue weighted by Crippen LogP contribution is 2.29. The van der Waals surface area contributed by atoms with E-state index >= 15 is 0 Å². The monoisotopic (exact) mass is 607 g/mol. The SMILES string of the molecule is Cc1ccccc1-c1cc2cnc(NC3CCN(C(=O)NCC(C)C)CC3)nc2n(C2CCN(Cc3ccccc3)CC2)c1=O. The predicted octanol–water partition coefficient (Wildman–Crippen LogP) is 5.85. The third-order valence-electron chi connectivity index (χ3n) is 9.16. The van der Waals surface area contributed by atoms with Crippen molar-refractivity contribution in [2.45, 2.75) is 65.1 Å². The maximum Gasteiger partial charge on any atom is 0.317 e. The number of carbonyl (C=O) groups excluding carboxylic acids is 1. The highest BCUT2D eigenvalue weighted by atomic mass is 16.2. The molecule has 2 aromatic carbocycles. The van der Waals surface area contributed by atoms with E-state index in [0.29, 0.717) is 42.7 Å². The zero-order chi connectivity index (χ0) is 31.3. The van der Waals surface area contributed by atoms with E-state index in [9.17, 15) is 9.59 Å². The molecular formula is C36H45N7O2. The summed E-state index contributed by atoms with van der Waals surface area (Å²) in [6.45, 7) is 11.0. The molecule has 45 heavy (non-hydrogen) atoms. The topological polar surface area (TPSA) is 95.4 Å². The predicted molar refractivity (Wildman–Crippen MR) is 180 cm³/mol. The minimum atomic E-state index is 0.00341. The maximum atomic E-state index is 14.3. The molecule has 0 aliphatic carbocycles. The molecule has 2 aromatic heterocycles. The van der Waals surface area contributed by atoms with Gasteiger partial charge in [-0.3, -0.25) is 14.3 Å². The van der Waals surface area contributed by atoms with Crippen LogP contribution in [0.3, 0.4) is 0 Å². The second kappa shape index (κ2) is 13.8. The van der Waals surface area contributed by atoms with Crippen LogP contribution in [-0.4, -0.2) is 69.1 Å². The number of fused-ring (bicyclic) bond motifs is 1. The molecule has 0 bridgehead atoms. The molecule has 236 valence electrons. The highest BCUT2D eigenvalue weighted by Gasteiger charge is 2.27. The summed E-state index contributed by atoms with van der Waals surface area (Å²) in [6.07, 6.45) is 5.23. The number of likely N-dealkylation sites (tertiary alicyclic amines) is 2. The first kappa shape index (κ1) is 30.8. The summed E-state index contributed by atoms with van der Waals surface area (Å²) in [7, 11) is 0. The largest absolute Gasteiger partial charge is 0.351 e. The third kappa shape index (κ3) is 7.20. The van der Waals surface area contributed by atoms with E-state index in [-0.39, 0.29) is 23.7 Å². The number of carbonyl (C=O) groups is 1. The van der Waals surface area contributed by atoms with Gasteiger partial charge in [-0.15, -0.1) is 0 Å². The summed E-state index contributed by atoms with van der Waals surface area (Å²) >= 11 is 0. The number of nitrogens with one attached hydrogen (secondary N) is 2. The van der Waals surface area contributed by atoms with Gasteiger partial charge in [0.25, 0.3) is 5.56 Å². The van der Waals surface area contributed by atoms with Gasteiger partial charge in [-0.25, -0.2) is 9.78 Å². The molecule has 9 heteroatoms. The summed E-state index contributed by atoms with van der Waals surface area (Å²) in [5.41, 5.74) is 4.71. The average molecular weight is 608 g/mol. The van der Waals surface area contributed by atoms with Crippen LogP contribution in [0.1, 0.15) is 56.7 Å². The Morgan fingerprint density at radius 1 is 0.933 bits per heavy atom. The van der Waals surface area contributed by atoms with Crippen LogP contribution in [0.4, 0.5) is 10.7 Å². The Balaban J connectivity index is 1.24. The number of amides is 2. The lowest BCUT2D eigenvalue weighted by Crippen LogP contribution is -2.47. The first-order valence-corrected chi connectivity index (χ1v) is 16.4. The zero-order valence-electron chi connectivity index (χ0n) is 26.7. The molecule has 0 unspecified atom stereocenters. The molecule has 0 spiro atoms. The molecule has 0 radical (unpaired) electrons. The van der Waals surface area contributed by atoms with E-state index < -0.39 is 0 Å². The molecule has 4 aromatic rings.